The molecule has 25 heavy (non-hydrogen) atoms. The largest absolute Gasteiger partial charge is 0.466 e. The Morgan fingerprint density at radius 1 is 1.12 bits per heavy atom. The van der Waals surface area contributed by atoms with Crippen molar-refractivity contribution in [1.82, 2.24) is 10.2 Å². The van der Waals surface area contributed by atoms with E-state index in [4.69, 9.17) is 4.42 Å². The first kappa shape index (κ1) is 17.1. The van der Waals surface area contributed by atoms with Gasteiger partial charge in [0.25, 0.3) is 5.91 Å². The third-order valence-corrected chi connectivity index (χ3v) is 4.43. The molecule has 1 aromatic carbocycles. The summed E-state index contributed by atoms with van der Waals surface area (Å²) in [5, 5.41) is 5.93. The van der Waals surface area contributed by atoms with Gasteiger partial charge in [-0.15, -0.1) is 0 Å². The number of carbonyl (C=O) groups is 2. The lowest BCUT2D eigenvalue weighted by atomic mass is 10.0. The van der Waals surface area contributed by atoms with Gasteiger partial charge in [0.1, 0.15) is 11.5 Å². The second-order valence-corrected chi connectivity index (χ2v) is 6.36. The van der Waals surface area contributed by atoms with Crippen molar-refractivity contribution in [3.05, 3.63) is 53.5 Å². The van der Waals surface area contributed by atoms with E-state index in [9.17, 15) is 9.59 Å². The normalized spacial score (nSPS) is 15.0. The molecule has 0 atom stereocenters. The summed E-state index contributed by atoms with van der Waals surface area (Å²) in [6.07, 6.45) is 1.48. The molecule has 6 nitrogen and oxygen atoms in total. The van der Waals surface area contributed by atoms with Crippen molar-refractivity contribution in [2.24, 2.45) is 0 Å². The van der Waals surface area contributed by atoms with Gasteiger partial charge in [0, 0.05) is 24.8 Å². The van der Waals surface area contributed by atoms with Gasteiger partial charge in [0.15, 0.2) is 0 Å². The van der Waals surface area contributed by atoms with Crippen LogP contribution in [0.5, 0.6) is 0 Å². The fourth-order valence-corrected chi connectivity index (χ4v) is 3.07. The monoisotopic (exact) mass is 341 g/mol. The highest BCUT2D eigenvalue weighted by Crippen LogP contribution is 2.16. The Balaban J connectivity index is 1.49. The van der Waals surface area contributed by atoms with Crippen LogP contribution in [-0.2, 0) is 0 Å². The smallest absolute Gasteiger partial charge is 0.321 e. The van der Waals surface area contributed by atoms with Gasteiger partial charge >= 0.3 is 6.03 Å². The average Bonchev–Trinajstić information content (AvgIpc) is 2.95. The van der Waals surface area contributed by atoms with Gasteiger partial charge in [-0.3, -0.25) is 4.79 Å². The highest BCUT2D eigenvalue weighted by molar-refractivity contribution is 5.95. The number of rotatable bonds is 3. The van der Waals surface area contributed by atoms with Gasteiger partial charge in [-0.05, 0) is 44.9 Å². The number of furan rings is 1. The number of aryl methyl sites for hydroxylation is 2. The van der Waals surface area contributed by atoms with Crippen LogP contribution >= 0.6 is 0 Å². The molecule has 3 amide bonds. The summed E-state index contributed by atoms with van der Waals surface area (Å²) in [5.74, 6) is 1.26. The number of hydrogen-bond acceptors (Lipinski definition) is 3. The number of urea groups is 1. The zero-order chi connectivity index (χ0) is 17.8. The molecule has 132 valence electrons. The van der Waals surface area contributed by atoms with Gasteiger partial charge < -0.3 is 20.0 Å². The van der Waals surface area contributed by atoms with E-state index in [1.165, 1.54) is 0 Å². The van der Waals surface area contributed by atoms with Crippen LogP contribution in [0.2, 0.25) is 0 Å². The molecule has 0 unspecified atom stereocenters. The molecule has 0 saturated carbocycles. The maximum Gasteiger partial charge on any atom is 0.321 e. The molecule has 0 aliphatic carbocycles. The number of likely N-dealkylation sites (tertiary alicyclic amines) is 1. The van der Waals surface area contributed by atoms with Gasteiger partial charge in [-0.2, -0.15) is 0 Å². The van der Waals surface area contributed by atoms with E-state index in [-0.39, 0.29) is 18.0 Å². The van der Waals surface area contributed by atoms with E-state index in [1.807, 2.05) is 37.3 Å². The maximum atomic E-state index is 12.3. The molecule has 0 radical (unpaired) electrons. The molecule has 1 aliphatic rings. The summed E-state index contributed by atoms with van der Waals surface area (Å²) < 4.78 is 5.41. The van der Waals surface area contributed by atoms with E-state index in [1.54, 1.807) is 17.9 Å². The molecule has 1 aromatic heterocycles. The van der Waals surface area contributed by atoms with Crippen LogP contribution in [0.4, 0.5) is 10.5 Å². The van der Waals surface area contributed by atoms with Crippen LogP contribution in [0.1, 0.15) is 34.7 Å². The predicted octanol–water partition coefficient (Wildman–Crippen LogP) is 3.32. The maximum absolute atomic E-state index is 12.3. The first-order valence-electron chi connectivity index (χ1n) is 8.52. The minimum Gasteiger partial charge on any atom is -0.466 e. The number of benzene rings is 1. The van der Waals surface area contributed by atoms with E-state index in [2.05, 4.69) is 10.6 Å². The van der Waals surface area contributed by atoms with Crippen LogP contribution in [0.25, 0.3) is 0 Å². The number of para-hydroxylation sites is 1. The minimum absolute atomic E-state index is 0.0721. The van der Waals surface area contributed by atoms with Crippen LogP contribution in [0.15, 0.2) is 40.8 Å². The van der Waals surface area contributed by atoms with E-state index in [0.29, 0.717) is 24.4 Å². The molecule has 3 rings (SSSR count). The molecule has 2 heterocycles. The Kier molecular flexibility index (Phi) is 5.07. The Hall–Kier alpha value is -2.76. The van der Waals surface area contributed by atoms with Crippen molar-refractivity contribution in [3.8, 4) is 0 Å². The standard InChI is InChI=1S/C19H23N3O3/c1-13-12-17(14(2)25-13)18(23)20-16-8-10-22(11-9-16)19(24)21-15-6-4-3-5-7-15/h3-7,12,16H,8-11H2,1-2H3,(H,20,23)(H,21,24). The molecule has 2 aromatic rings. The van der Waals surface area contributed by atoms with Crippen molar-refractivity contribution < 1.29 is 14.0 Å². The Morgan fingerprint density at radius 2 is 1.80 bits per heavy atom. The molecular formula is C19H23N3O3. The molecule has 1 aliphatic heterocycles. The highest BCUT2D eigenvalue weighted by atomic mass is 16.3. The van der Waals surface area contributed by atoms with Crippen molar-refractivity contribution in [2.45, 2.75) is 32.7 Å². The lowest BCUT2D eigenvalue weighted by molar-refractivity contribution is 0.0917. The minimum atomic E-state index is -0.110. The third kappa shape index (κ3) is 4.21. The number of amides is 3. The number of anilines is 1. The quantitative estimate of drug-likeness (QED) is 0.899. The van der Waals surface area contributed by atoms with Gasteiger partial charge in [0.2, 0.25) is 0 Å². The second-order valence-electron chi connectivity index (χ2n) is 6.36. The van der Waals surface area contributed by atoms with Crippen molar-refractivity contribution >= 4 is 17.6 Å². The summed E-state index contributed by atoms with van der Waals surface area (Å²) in [6.45, 7) is 4.85. The zero-order valence-corrected chi connectivity index (χ0v) is 14.5. The first-order chi connectivity index (χ1) is 12.0. The molecular weight excluding hydrogens is 318 g/mol. The Labute approximate surface area is 147 Å². The van der Waals surface area contributed by atoms with Gasteiger partial charge in [0.05, 0.1) is 5.56 Å². The number of nitrogens with zero attached hydrogens (tertiary/aromatic N) is 1. The first-order valence-corrected chi connectivity index (χ1v) is 8.52. The molecule has 6 heteroatoms. The summed E-state index contributed by atoms with van der Waals surface area (Å²) >= 11 is 0. The van der Waals surface area contributed by atoms with Crippen LogP contribution in [0.3, 0.4) is 0 Å². The fraction of sp³-hybridized carbons (Fsp3) is 0.368. The fourth-order valence-electron chi connectivity index (χ4n) is 3.07. The summed E-state index contributed by atoms with van der Waals surface area (Å²) in [4.78, 5) is 26.4. The lowest BCUT2D eigenvalue weighted by Crippen LogP contribution is -2.47. The van der Waals surface area contributed by atoms with E-state index in [0.717, 1.165) is 24.3 Å². The van der Waals surface area contributed by atoms with Crippen LogP contribution in [0, 0.1) is 13.8 Å². The summed E-state index contributed by atoms with van der Waals surface area (Å²) in [7, 11) is 0. The molecule has 2 N–H and O–H groups in total. The van der Waals surface area contributed by atoms with Crippen molar-refractivity contribution in [1.29, 1.82) is 0 Å². The topological polar surface area (TPSA) is 74.6 Å². The van der Waals surface area contributed by atoms with Crippen LogP contribution < -0.4 is 10.6 Å². The molecule has 1 saturated heterocycles. The lowest BCUT2D eigenvalue weighted by Gasteiger charge is -2.32. The third-order valence-electron chi connectivity index (χ3n) is 4.43. The molecule has 0 spiro atoms. The van der Waals surface area contributed by atoms with Crippen molar-refractivity contribution in [2.75, 3.05) is 18.4 Å². The number of carbonyl (C=O) groups excluding carboxylic acids is 2. The molecule has 0 bridgehead atoms. The Morgan fingerprint density at radius 3 is 2.40 bits per heavy atom. The zero-order valence-electron chi connectivity index (χ0n) is 14.5. The second kappa shape index (κ2) is 7.42. The van der Waals surface area contributed by atoms with E-state index >= 15 is 0 Å². The average molecular weight is 341 g/mol. The van der Waals surface area contributed by atoms with Crippen molar-refractivity contribution in [3.63, 3.8) is 0 Å². The SMILES string of the molecule is Cc1cc(C(=O)NC2CCN(C(=O)Nc3ccccc3)CC2)c(C)o1. The predicted molar refractivity (Wildman–Crippen MR) is 95.7 cm³/mol. The van der Waals surface area contributed by atoms with Gasteiger partial charge in [-0.1, -0.05) is 18.2 Å². The van der Waals surface area contributed by atoms with E-state index < -0.39 is 0 Å². The number of nitrogens with one attached hydrogen (secondary N) is 2. The number of hydrogen-bond donors (Lipinski definition) is 2. The van der Waals surface area contributed by atoms with Crippen LogP contribution in [-0.4, -0.2) is 36.0 Å². The van der Waals surface area contributed by atoms with Gasteiger partial charge in [-0.25, -0.2) is 4.79 Å². The summed E-state index contributed by atoms with van der Waals surface area (Å²) in [5.41, 5.74) is 1.37. The highest BCUT2D eigenvalue weighted by Gasteiger charge is 2.25. The molecule has 1 fully saturated rings. The summed E-state index contributed by atoms with van der Waals surface area (Å²) in [6, 6.07) is 11.1. The Bertz CT molecular complexity index is 747. The number of piperidine rings is 1.